The highest BCUT2D eigenvalue weighted by Crippen LogP contribution is 2.40. The van der Waals surface area contributed by atoms with Crippen LogP contribution in [0, 0.1) is 0 Å². The standard InChI is InChI=1S/C10H10BrClFN/c11-7-2-1-3-8(12)9(7)10(13)4-5-14-6-10/h1-3,14H,4-6H2. The normalized spacial score (nSPS) is 26.8. The zero-order chi connectivity index (χ0) is 10.2. The van der Waals surface area contributed by atoms with Crippen molar-refractivity contribution in [3.8, 4) is 0 Å². The molecule has 1 fully saturated rings. The molecule has 0 amide bonds. The second-order valence-electron chi connectivity index (χ2n) is 3.49. The Hall–Kier alpha value is -0.120. The molecule has 1 aromatic carbocycles. The number of hydrogen-bond donors (Lipinski definition) is 1. The van der Waals surface area contributed by atoms with Gasteiger partial charge in [-0.2, -0.15) is 0 Å². The largest absolute Gasteiger partial charge is 0.313 e. The van der Waals surface area contributed by atoms with Gasteiger partial charge in [-0.1, -0.05) is 33.6 Å². The Bertz CT molecular complexity index is 330. The summed E-state index contributed by atoms with van der Waals surface area (Å²) in [6.07, 6.45) is 0.481. The molecule has 1 heterocycles. The van der Waals surface area contributed by atoms with Gasteiger partial charge < -0.3 is 5.32 Å². The zero-order valence-corrected chi connectivity index (χ0v) is 9.83. The summed E-state index contributed by atoms with van der Waals surface area (Å²) < 4.78 is 15.1. The van der Waals surface area contributed by atoms with E-state index in [0.717, 1.165) is 4.47 Å². The van der Waals surface area contributed by atoms with Crippen LogP contribution in [-0.2, 0) is 5.67 Å². The Labute approximate surface area is 95.8 Å². The number of halogens is 3. The topological polar surface area (TPSA) is 12.0 Å². The van der Waals surface area contributed by atoms with E-state index in [9.17, 15) is 4.39 Å². The van der Waals surface area contributed by atoms with Crippen molar-refractivity contribution in [1.82, 2.24) is 5.32 Å². The Balaban J connectivity index is 2.49. The van der Waals surface area contributed by atoms with E-state index in [2.05, 4.69) is 21.2 Å². The zero-order valence-electron chi connectivity index (χ0n) is 7.49. The molecule has 4 heteroatoms. The lowest BCUT2D eigenvalue weighted by Gasteiger charge is -2.21. The fourth-order valence-corrected chi connectivity index (χ4v) is 2.98. The summed E-state index contributed by atoms with van der Waals surface area (Å²) >= 11 is 9.34. The highest BCUT2D eigenvalue weighted by Gasteiger charge is 2.38. The van der Waals surface area contributed by atoms with Crippen LogP contribution in [0.5, 0.6) is 0 Å². The molecular formula is C10H10BrClFN. The quantitative estimate of drug-likeness (QED) is 0.831. The number of hydrogen-bond acceptors (Lipinski definition) is 1. The van der Waals surface area contributed by atoms with Crippen molar-refractivity contribution in [3.05, 3.63) is 33.3 Å². The minimum absolute atomic E-state index is 0.343. The summed E-state index contributed by atoms with van der Waals surface area (Å²) in [5, 5.41) is 3.50. The first-order chi connectivity index (χ1) is 6.63. The lowest BCUT2D eigenvalue weighted by molar-refractivity contribution is 0.192. The molecular weight excluding hydrogens is 268 g/mol. The maximum absolute atomic E-state index is 14.4. The van der Waals surface area contributed by atoms with Gasteiger partial charge in [0.15, 0.2) is 5.67 Å². The van der Waals surface area contributed by atoms with Gasteiger partial charge in [-0.15, -0.1) is 0 Å². The lowest BCUT2D eigenvalue weighted by atomic mass is 9.95. The molecule has 1 unspecified atom stereocenters. The molecule has 1 aromatic rings. The number of nitrogens with one attached hydrogen (secondary N) is 1. The molecule has 1 nitrogen and oxygen atoms in total. The summed E-state index contributed by atoms with van der Waals surface area (Å²) in [6.45, 7) is 1.05. The molecule has 1 aliphatic heterocycles. The highest BCUT2D eigenvalue weighted by atomic mass is 79.9. The van der Waals surface area contributed by atoms with Crippen LogP contribution in [0.4, 0.5) is 4.39 Å². The molecule has 0 spiro atoms. The molecule has 0 aromatic heterocycles. The maximum atomic E-state index is 14.4. The average molecular weight is 279 g/mol. The molecule has 2 rings (SSSR count). The molecule has 1 saturated heterocycles. The summed E-state index contributed by atoms with van der Waals surface area (Å²) in [5.41, 5.74) is -0.747. The van der Waals surface area contributed by atoms with E-state index in [1.165, 1.54) is 0 Å². The molecule has 14 heavy (non-hydrogen) atoms. The SMILES string of the molecule is FC1(c2c(Cl)cccc2Br)CCNC1. The van der Waals surface area contributed by atoms with E-state index in [1.54, 1.807) is 6.07 Å². The number of alkyl halides is 1. The summed E-state index contributed by atoms with van der Waals surface area (Å²) in [4.78, 5) is 0. The Morgan fingerprint density at radius 1 is 1.50 bits per heavy atom. The van der Waals surface area contributed by atoms with Gasteiger partial charge in [0.2, 0.25) is 0 Å². The van der Waals surface area contributed by atoms with Gasteiger partial charge in [-0.25, -0.2) is 4.39 Å². The molecule has 1 aliphatic rings. The minimum Gasteiger partial charge on any atom is -0.313 e. The van der Waals surface area contributed by atoms with Crippen LogP contribution >= 0.6 is 27.5 Å². The van der Waals surface area contributed by atoms with Crippen molar-refractivity contribution in [3.63, 3.8) is 0 Å². The van der Waals surface area contributed by atoms with Crippen molar-refractivity contribution >= 4 is 27.5 Å². The summed E-state index contributed by atoms with van der Waals surface area (Å²) in [6, 6.07) is 5.35. The van der Waals surface area contributed by atoms with Crippen LogP contribution in [-0.4, -0.2) is 13.1 Å². The van der Waals surface area contributed by atoms with E-state index in [0.29, 0.717) is 30.1 Å². The van der Waals surface area contributed by atoms with Crippen molar-refractivity contribution in [2.75, 3.05) is 13.1 Å². The van der Waals surface area contributed by atoms with Gasteiger partial charge in [-0.05, 0) is 25.1 Å². The third-order valence-electron chi connectivity index (χ3n) is 2.51. The average Bonchev–Trinajstić information content (AvgIpc) is 2.52. The first-order valence-electron chi connectivity index (χ1n) is 4.48. The number of rotatable bonds is 1. The second-order valence-corrected chi connectivity index (χ2v) is 4.75. The van der Waals surface area contributed by atoms with Gasteiger partial charge in [0.1, 0.15) is 0 Å². The van der Waals surface area contributed by atoms with Crippen molar-refractivity contribution in [1.29, 1.82) is 0 Å². The molecule has 1 atom stereocenters. The van der Waals surface area contributed by atoms with E-state index in [4.69, 9.17) is 11.6 Å². The van der Waals surface area contributed by atoms with Crippen molar-refractivity contribution in [2.24, 2.45) is 0 Å². The van der Waals surface area contributed by atoms with E-state index in [1.807, 2.05) is 12.1 Å². The molecule has 0 saturated carbocycles. The van der Waals surface area contributed by atoms with Gasteiger partial charge >= 0.3 is 0 Å². The van der Waals surface area contributed by atoms with Crippen LogP contribution in [0.1, 0.15) is 12.0 Å². The molecule has 0 radical (unpaired) electrons. The maximum Gasteiger partial charge on any atom is 0.152 e. The van der Waals surface area contributed by atoms with Crippen LogP contribution in [0.25, 0.3) is 0 Å². The van der Waals surface area contributed by atoms with E-state index in [-0.39, 0.29) is 0 Å². The van der Waals surface area contributed by atoms with Crippen LogP contribution in [0.2, 0.25) is 5.02 Å². The highest BCUT2D eigenvalue weighted by molar-refractivity contribution is 9.10. The molecule has 0 bridgehead atoms. The van der Waals surface area contributed by atoms with Gasteiger partial charge in [-0.3, -0.25) is 0 Å². The lowest BCUT2D eigenvalue weighted by Crippen LogP contribution is -2.24. The molecule has 0 aliphatic carbocycles. The molecule has 1 N–H and O–H groups in total. The van der Waals surface area contributed by atoms with Crippen LogP contribution in [0.15, 0.2) is 22.7 Å². The fraction of sp³-hybridized carbons (Fsp3) is 0.400. The smallest absolute Gasteiger partial charge is 0.152 e. The Kier molecular flexibility index (Phi) is 2.82. The Morgan fingerprint density at radius 2 is 2.29 bits per heavy atom. The van der Waals surface area contributed by atoms with Crippen LogP contribution in [0.3, 0.4) is 0 Å². The third kappa shape index (κ3) is 1.69. The molecule has 76 valence electrons. The first kappa shape index (κ1) is 10.4. The Morgan fingerprint density at radius 3 is 2.86 bits per heavy atom. The van der Waals surface area contributed by atoms with E-state index >= 15 is 0 Å². The van der Waals surface area contributed by atoms with Crippen LogP contribution < -0.4 is 5.32 Å². The van der Waals surface area contributed by atoms with Crippen molar-refractivity contribution in [2.45, 2.75) is 12.1 Å². The van der Waals surface area contributed by atoms with Gasteiger partial charge in [0, 0.05) is 21.6 Å². The van der Waals surface area contributed by atoms with Gasteiger partial charge in [0.25, 0.3) is 0 Å². The fourth-order valence-electron chi connectivity index (χ4n) is 1.80. The third-order valence-corrected chi connectivity index (χ3v) is 3.49. The predicted molar refractivity (Wildman–Crippen MR) is 59.4 cm³/mol. The summed E-state index contributed by atoms with van der Waals surface area (Å²) in [5.74, 6) is 0. The first-order valence-corrected chi connectivity index (χ1v) is 5.65. The van der Waals surface area contributed by atoms with Gasteiger partial charge in [0.05, 0.1) is 0 Å². The minimum atomic E-state index is -1.32. The van der Waals surface area contributed by atoms with Crippen molar-refractivity contribution < 1.29 is 4.39 Å². The monoisotopic (exact) mass is 277 g/mol. The summed E-state index contributed by atoms with van der Waals surface area (Å²) in [7, 11) is 0. The van der Waals surface area contributed by atoms with E-state index < -0.39 is 5.67 Å². The number of benzene rings is 1. The predicted octanol–water partition coefficient (Wildman–Crippen LogP) is 3.26. The second kappa shape index (κ2) is 3.80.